The van der Waals surface area contributed by atoms with E-state index >= 15 is 0 Å². The third kappa shape index (κ3) is 3.81. The first-order valence-corrected chi connectivity index (χ1v) is 3.85. The van der Waals surface area contributed by atoms with Crippen LogP contribution in [-0.4, -0.2) is 13.1 Å². The molecular weight excluding hydrogens is 140 g/mol. The van der Waals surface area contributed by atoms with E-state index in [1.807, 2.05) is 13.0 Å². The molecule has 0 saturated carbocycles. The summed E-state index contributed by atoms with van der Waals surface area (Å²) in [7, 11) is 1.41. The fraction of sp³-hybridized carbons (Fsp3) is 0.667. The first-order valence-electron chi connectivity index (χ1n) is 3.85. The minimum absolute atomic E-state index is 0.207. The number of allylic oxidation sites excluding steroid dienone is 1. The summed E-state index contributed by atoms with van der Waals surface area (Å²) in [6.45, 7) is 6.01. The summed E-state index contributed by atoms with van der Waals surface area (Å²) in [5.41, 5.74) is 0.766. The van der Waals surface area contributed by atoms with Crippen molar-refractivity contribution in [3.8, 4) is 0 Å². The average molecular weight is 156 g/mol. The van der Waals surface area contributed by atoms with Crippen LogP contribution in [0.5, 0.6) is 0 Å². The SMILES string of the molecule is C/C=C(\CC(C)C)C(=O)OC. The second-order valence-corrected chi connectivity index (χ2v) is 2.90. The number of carbonyl (C=O) groups excluding carboxylic acids is 1. The summed E-state index contributed by atoms with van der Waals surface area (Å²) in [5.74, 6) is 0.293. The van der Waals surface area contributed by atoms with E-state index in [4.69, 9.17) is 0 Å². The van der Waals surface area contributed by atoms with E-state index in [1.165, 1.54) is 7.11 Å². The van der Waals surface area contributed by atoms with Crippen molar-refractivity contribution in [1.29, 1.82) is 0 Å². The molecule has 0 aliphatic carbocycles. The molecule has 0 aromatic carbocycles. The first-order chi connectivity index (χ1) is 5.11. The highest BCUT2D eigenvalue weighted by atomic mass is 16.5. The van der Waals surface area contributed by atoms with E-state index in [2.05, 4.69) is 18.6 Å². The summed E-state index contributed by atoms with van der Waals surface area (Å²) in [4.78, 5) is 11.0. The first kappa shape index (κ1) is 10.2. The average Bonchev–Trinajstić information content (AvgIpc) is 1.98. The van der Waals surface area contributed by atoms with Gasteiger partial charge in [-0.25, -0.2) is 4.79 Å². The largest absolute Gasteiger partial charge is 0.466 e. The number of rotatable bonds is 3. The molecule has 0 spiro atoms. The van der Waals surface area contributed by atoms with E-state index in [9.17, 15) is 4.79 Å². The molecular formula is C9H16O2. The van der Waals surface area contributed by atoms with Gasteiger partial charge >= 0.3 is 5.97 Å². The van der Waals surface area contributed by atoms with Gasteiger partial charge in [-0.3, -0.25) is 0 Å². The maximum absolute atomic E-state index is 11.0. The fourth-order valence-corrected chi connectivity index (χ4v) is 0.890. The number of esters is 1. The van der Waals surface area contributed by atoms with Crippen LogP contribution in [0.4, 0.5) is 0 Å². The lowest BCUT2D eigenvalue weighted by Crippen LogP contribution is -2.06. The highest BCUT2D eigenvalue weighted by molar-refractivity contribution is 5.88. The van der Waals surface area contributed by atoms with Gasteiger partial charge < -0.3 is 4.74 Å². The number of methoxy groups -OCH3 is 1. The Labute approximate surface area is 68.2 Å². The van der Waals surface area contributed by atoms with E-state index < -0.39 is 0 Å². The van der Waals surface area contributed by atoms with Gasteiger partial charge in [0, 0.05) is 5.57 Å². The third-order valence-electron chi connectivity index (χ3n) is 1.42. The summed E-state index contributed by atoms with van der Waals surface area (Å²) >= 11 is 0. The maximum atomic E-state index is 11.0. The Morgan fingerprint density at radius 3 is 2.36 bits per heavy atom. The van der Waals surface area contributed by atoms with Gasteiger partial charge in [-0.2, -0.15) is 0 Å². The molecule has 0 aromatic heterocycles. The third-order valence-corrected chi connectivity index (χ3v) is 1.42. The second kappa shape index (κ2) is 4.94. The Hall–Kier alpha value is -0.790. The number of carbonyl (C=O) groups is 1. The lowest BCUT2D eigenvalue weighted by Gasteiger charge is -2.06. The van der Waals surface area contributed by atoms with E-state index in [0.717, 1.165) is 12.0 Å². The minimum Gasteiger partial charge on any atom is -0.466 e. The predicted molar refractivity (Wildman–Crippen MR) is 45.2 cm³/mol. The van der Waals surface area contributed by atoms with Crippen molar-refractivity contribution < 1.29 is 9.53 Å². The second-order valence-electron chi connectivity index (χ2n) is 2.90. The molecule has 0 fully saturated rings. The minimum atomic E-state index is -0.207. The molecule has 0 N–H and O–H groups in total. The van der Waals surface area contributed by atoms with Crippen LogP contribution in [-0.2, 0) is 9.53 Å². The lowest BCUT2D eigenvalue weighted by molar-refractivity contribution is -0.136. The quantitative estimate of drug-likeness (QED) is 0.462. The van der Waals surface area contributed by atoms with Gasteiger partial charge in [-0.15, -0.1) is 0 Å². The van der Waals surface area contributed by atoms with Crippen molar-refractivity contribution in [3.63, 3.8) is 0 Å². The van der Waals surface area contributed by atoms with Crippen LogP contribution in [0.1, 0.15) is 27.2 Å². The molecule has 0 amide bonds. The van der Waals surface area contributed by atoms with E-state index in [0.29, 0.717) is 5.92 Å². The summed E-state index contributed by atoms with van der Waals surface area (Å²) in [6.07, 6.45) is 2.61. The van der Waals surface area contributed by atoms with Crippen molar-refractivity contribution in [1.82, 2.24) is 0 Å². The highest BCUT2D eigenvalue weighted by Gasteiger charge is 2.09. The molecule has 0 saturated heterocycles. The van der Waals surface area contributed by atoms with E-state index in [-0.39, 0.29) is 5.97 Å². The molecule has 2 heteroatoms. The van der Waals surface area contributed by atoms with Gasteiger partial charge in [0.1, 0.15) is 0 Å². The summed E-state index contributed by atoms with van der Waals surface area (Å²) < 4.78 is 4.60. The Bertz CT molecular complexity index is 157. The predicted octanol–water partition coefficient (Wildman–Crippen LogP) is 2.15. The van der Waals surface area contributed by atoms with Gasteiger partial charge in [0.15, 0.2) is 0 Å². The van der Waals surface area contributed by atoms with Gasteiger partial charge in [0.05, 0.1) is 7.11 Å². The van der Waals surface area contributed by atoms with Gasteiger partial charge in [0.25, 0.3) is 0 Å². The molecule has 0 bridgehead atoms. The van der Waals surface area contributed by atoms with Crippen LogP contribution in [0.3, 0.4) is 0 Å². The Morgan fingerprint density at radius 2 is 2.09 bits per heavy atom. The Morgan fingerprint density at radius 1 is 1.55 bits per heavy atom. The normalized spacial score (nSPS) is 11.9. The zero-order chi connectivity index (χ0) is 8.85. The van der Waals surface area contributed by atoms with Crippen molar-refractivity contribution in [2.45, 2.75) is 27.2 Å². The molecule has 0 rings (SSSR count). The summed E-state index contributed by atoms with van der Waals surface area (Å²) in [6, 6.07) is 0. The smallest absolute Gasteiger partial charge is 0.333 e. The van der Waals surface area contributed by atoms with Gasteiger partial charge in [0.2, 0.25) is 0 Å². The van der Waals surface area contributed by atoms with Crippen LogP contribution < -0.4 is 0 Å². The Balaban J connectivity index is 4.09. The van der Waals surface area contributed by atoms with Crippen molar-refractivity contribution in [3.05, 3.63) is 11.6 Å². The molecule has 0 heterocycles. The monoisotopic (exact) mass is 156 g/mol. The van der Waals surface area contributed by atoms with Crippen LogP contribution in [0.2, 0.25) is 0 Å². The van der Waals surface area contributed by atoms with Crippen LogP contribution >= 0.6 is 0 Å². The molecule has 11 heavy (non-hydrogen) atoms. The topological polar surface area (TPSA) is 26.3 Å². The molecule has 0 aliphatic heterocycles. The van der Waals surface area contributed by atoms with Crippen molar-refractivity contribution in [2.24, 2.45) is 5.92 Å². The molecule has 0 aliphatic rings. The van der Waals surface area contributed by atoms with Crippen LogP contribution in [0.15, 0.2) is 11.6 Å². The molecule has 0 atom stereocenters. The van der Waals surface area contributed by atoms with Gasteiger partial charge in [-0.1, -0.05) is 19.9 Å². The van der Waals surface area contributed by atoms with Crippen LogP contribution in [0, 0.1) is 5.92 Å². The molecule has 0 unspecified atom stereocenters. The maximum Gasteiger partial charge on any atom is 0.333 e. The van der Waals surface area contributed by atoms with Gasteiger partial charge in [-0.05, 0) is 19.3 Å². The van der Waals surface area contributed by atoms with Crippen LogP contribution in [0.25, 0.3) is 0 Å². The number of ether oxygens (including phenoxy) is 1. The lowest BCUT2D eigenvalue weighted by atomic mass is 10.0. The zero-order valence-corrected chi connectivity index (χ0v) is 7.68. The zero-order valence-electron chi connectivity index (χ0n) is 7.68. The molecule has 0 radical (unpaired) electrons. The molecule has 2 nitrogen and oxygen atoms in total. The van der Waals surface area contributed by atoms with E-state index in [1.54, 1.807) is 0 Å². The number of hydrogen-bond donors (Lipinski definition) is 0. The Kier molecular flexibility index (Phi) is 4.59. The van der Waals surface area contributed by atoms with Crippen molar-refractivity contribution in [2.75, 3.05) is 7.11 Å². The number of hydrogen-bond acceptors (Lipinski definition) is 2. The summed E-state index contributed by atoms with van der Waals surface area (Å²) in [5, 5.41) is 0. The highest BCUT2D eigenvalue weighted by Crippen LogP contribution is 2.11. The fourth-order valence-electron chi connectivity index (χ4n) is 0.890. The molecule has 0 aromatic rings. The molecule has 64 valence electrons. The van der Waals surface area contributed by atoms with Crippen molar-refractivity contribution >= 4 is 5.97 Å². The standard InChI is InChI=1S/C9H16O2/c1-5-8(6-7(2)3)9(10)11-4/h5,7H,6H2,1-4H3/b8-5+.